The van der Waals surface area contributed by atoms with Crippen molar-refractivity contribution in [3.05, 3.63) is 5.82 Å². The first-order chi connectivity index (χ1) is 26.4. The van der Waals surface area contributed by atoms with Crippen molar-refractivity contribution in [3.8, 4) is 0 Å². The van der Waals surface area contributed by atoms with Gasteiger partial charge < -0.3 is 14.2 Å². The Morgan fingerprint density at radius 2 is 0.981 bits per heavy atom. The number of ether oxygens (including phenoxy) is 3. The van der Waals surface area contributed by atoms with Crippen molar-refractivity contribution in [2.45, 2.75) is 191 Å². The fourth-order valence-electron chi connectivity index (χ4n) is 5.49. The van der Waals surface area contributed by atoms with E-state index >= 15 is 0 Å². The summed E-state index contributed by atoms with van der Waals surface area (Å²) in [6.07, 6.45) is 20.6. The molecule has 314 valence electrons. The second-order valence-electron chi connectivity index (χ2n) is 13.8. The molecule has 0 saturated carbocycles. The number of nitrogens with one attached hydrogen (secondary N) is 1. The van der Waals surface area contributed by atoms with Gasteiger partial charge in [0.05, 0.1) is 9.16 Å². The zero-order chi connectivity index (χ0) is 39.3. The molecular formula is C40H74N4O6S4. The van der Waals surface area contributed by atoms with Crippen molar-refractivity contribution in [1.29, 1.82) is 0 Å². The lowest BCUT2D eigenvalue weighted by Gasteiger charge is -2.19. The molecule has 0 amide bonds. The highest BCUT2D eigenvalue weighted by molar-refractivity contribution is 8.17. The van der Waals surface area contributed by atoms with Gasteiger partial charge in [0.25, 0.3) is 0 Å². The quantitative estimate of drug-likeness (QED) is 0.0292. The Bertz CT molecular complexity index is 951. The number of nitrogens with zero attached hydrogens (tertiary/aromatic N) is 3. The van der Waals surface area contributed by atoms with Crippen LogP contribution in [0.4, 0.5) is 0 Å². The van der Waals surface area contributed by atoms with Crippen LogP contribution in [0.25, 0.3) is 0 Å². The van der Waals surface area contributed by atoms with Gasteiger partial charge in [-0.1, -0.05) is 84.3 Å². The molecule has 1 aromatic rings. The summed E-state index contributed by atoms with van der Waals surface area (Å²) in [6.45, 7) is 9.78. The fourth-order valence-corrected chi connectivity index (χ4v) is 10.6. The highest BCUT2D eigenvalue weighted by Gasteiger charge is 2.18. The van der Waals surface area contributed by atoms with E-state index < -0.39 is 0 Å². The number of aromatic nitrogens is 4. The number of tetrazole rings is 1. The lowest BCUT2D eigenvalue weighted by molar-refractivity contribution is -0.150. The molecular weight excluding hydrogens is 761 g/mol. The Balaban J connectivity index is 2.53. The number of carbonyl (C=O) groups is 3. The van der Waals surface area contributed by atoms with Crippen molar-refractivity contribution < 1.29 is 28.6 Å². The average Bonchev–Trinajstić information content (AvgIpc) is 3.69. The first kappa shape index (κ1) is 50.9. The van der Waals surface area contributed by atoms with Crippen molar-refractivity contribution in [2.24, 2.45) is 0 Å². The minimum absolute atomic E-state index is 0.155. The van der Waals surface area contributed by atoms with Crippen molar-refractivity contribution in [1.82, 2.24) is 20.6 Å². The number of esters is 3. The summed E-state index contributed by atoms with van der Waals surface area (Å²) in [5.74, 6) is 4.43. The number of unbranched alkanes of at least 4 members (excludes halogenated alkanes) is 10. The van der Waals surface area contributed by atoms with E-state index in [1.165, 1.54) is 77.0 Å². The Labute approximate surface area is 345 Å². The van der Waals surface area contributed by atoms with E-state index in [-0.39, 0.29) is 39.6 Å². The molecule has 0 spiro atoms. The topological polar surface area (TPSA) is 133 Å². The molecule has 0 atom stereocenters. The molecule has 0 aromatic carbocycles. The smallest absolute Gasteiger partial charge is 0.306 e. The summed E-state index contributed by atoms with van der Waals surface area (Å²) >= 11 is 7.69. The third-order valence-corrected chi connectivity index (χ3v) is 14.5. The SMILES string of the molecule is CCCCCSC(COC(=O)CCCCC(CCCCC(=O)OCC(SCCCCC)SCCCCC)OC(=O)CCCc1nn[nH]n1)SCCCCC. The molecule has 1 heterocycles. The number of aryl methyl sites for hydroxylation is 1. The second kappa shape index (κ2) is 37.5. The van der Waals surface area contributed by atoms with Crippen molar-refractivity contribution in [2.75, 3.05) is 36.2 Å². The van der Waals surface area contributed by atoms with Crippen LogP contribution in [0, 0.1) is 0 Å². The Morgan fingerprint density at radius 1 is 0.556 bits per heavy atom. The van der Waals surface area contributed by atoms with E-state index in [1.54, 1.807) is 0 Å². The molecule has 1 rings (SSSR count). The zero-order valence-electron chi connectivity index (χ0n) is 34.2. The molecule has 0 fully saturated rings. The van der Waals surface area contributed by atoms with Crippen LogP contribution >= 0.6 is 47.0 Å². The van der Waals surface area contributed by atoms with E-state index in [0.717, 1.165) is 35.9 Å². The highest BCUT2D eigenvalue weighted by atomic mass is 32.2. The van der Waals surface area contributed by atoms with Crippen LogP contribution in [0.2, 0.25) is 0 Å². The van der Waals surface area contributed by atoms with Gasteiger partial charge in [-0.05, 0) is 93.6 Å². The maximum Gasteiger partial charge on any atom is 0.306 e. The number of hydrogen-bond acceptors (Lipinski definition) is 13. The van der Waals surface area contributed by atoms with Crippen molar-refractivity contribution in [3.63, 3.8) is 0 Å². The maximum absolute atomic E-state index is 12.8. The minimum atomic E-state index is -0.262. The average molecular weight is 835 g/mol. The van der Waals surface area contributed by atoms with Gasteiger partial charge in [-0.25, -0.2) is 0 Å². The van der Waals surface area contributed by atoms with E-state index in [1.807, 2.05) is 47.0 Å². The van der Waals surface area contributed by atoms with Gasteiger partial charge in [0.15, 0.2) is 5.82 Å². The Hall–Kier alpha value is -1.12. The third kappa shape index (κ3) is 31.0. The number of carbonyl (C=O) groups excluding carboxylic acids is 3. The minimum Gasteiger partial charge on any atom is -0.464 e. The number of thioether (sulfide) groups is 4. The molecule has 0 aliphatic carbocycles. The van der Waals surface area contributed by atoms with E-state index in [2.05, 4.69) is 48.3 Å². The maximum atomic E-state index is 12.8. The second-order valence-corrected chi connectivity index (χ2v) is 19.7. The van der Waals surface area contributed by atoms with Crippen LogP contribution in [0.1, 0.15) is 175 Å². The molecule has 0 aliphatic rings. The molecule has 14 heteroatoms. The summed E-state index contributed by atoms with van der Waals surface area (Å²) < 4.78 is 17.9. The Morgan fingerprint density at radius 3 is 1.37 bits per heavy atom. The molecule has 0 saturated heterocycles. The van der Waals surface area contributed by atoms with Crippen LogP contribution in [0.5, 0.6) is 0 Å². The predicted molar refractivity (Wildman–Crippen MR) is 231 cm³/mol. The standard InChI is InChI=1S/C40H74N4O6S4/c1-5-9-17-28-51-39(52-29-18-10-6-2)32-48-36(45)25-15-13-22-34(50-38(47)27-21-24-35-41-43-44-42-35)23-14-16-26-37(46)49-33-40(53-30-19-11-7-3)54-31-20-12-8-4/h34,39-40H,5-33H2,1-4H3,(H,41,42,43,44). The molecule has 1 N–H and O–H groups in total. The van der Waals surface area contributed by atoms with Crippen LogP contribution in [0.15, 0.2) is 0 Å². The highest BCUT2D eigenvalue weighted by Crippen LogP contribution is 2.28. The van der Waals surface area contributed by atoms with Gasteiger partial charge >= 0.3 is 17.9 Å². The first-order valence-electron chi connectivity index (χ1n) is 21.1. The van der Waals surface area contributed by atoms with Gasteiger partial charge in [0, 0.05) is 25.7 Å². The monoisotopic (exact) mass is 834 g/mol. The van der Waals surface area contributed by atoms with Crippen LogP contribution in [0.3, 0.4) is 0 Å². The van der Waals surface area contributed by atoms with E-state index in [0.29, 0.717) is 70.4 Å². The van der Waals surface area contributed by atoms with Gasteiger partial charge in [-0.15, -0.1) is 57.2 Å². The van der Waals surface area contributed by atoms with Gasteiger partial charge in [0.2, 0.25) is 0 Å². The van der Waals surface area contributed by atoms with Gasteiger partial charge in [-0.3, -0.25) is 14.4 Å². The number of rotatable bonds is 39. The molecule has 0 aliphatic heterocycles. The molecule has 1 aromatic heterocycles. The number of hydrogen-bond donors (Lipinski definition) is 1. The van der Waals surface area contributed by atoms with Crippen LogP contribution < -0.4 is 0 Å². The van der Waals surface area contributed by atoms with Crippen LogP contribution in [-0.2, 0) is 35.0 Å². The summed E-state index contributed by atoms with van der Waals surface area (Å²) in [5, 5.41) is 13.9. The lowest BCUT2D eigenvalue weighted by Crippen LogP contribution is -2.19. The van der Waals surface area contributed by atoms with E-state index in [4.69, 9.17) is 14.2 Å². The molecule has 0 radical (unpaired) electrons. The lowest BCUT2D eigenvalue weighted by atomic mass is 10.0. The Kier molecular flexibility index (Phi) is 35.3. The van der Waals surface area contributed by atoms with Gasteiger partial charge in [-0.2, -0.15) is 5.21 Å². The summed E-state index contributed by atoms with van der Waals surface area (Å²) in [6, 6.07) is 0. The van der Waals surface area contributed by atoms with Crippen LogP contribution in [-0.4, -0.2) is 90.0 Å². The predicted octanol–water partition coefficient (Wildman–Crippen LogP) is 11.0. The molecule has 0 unspecified atom stereocenters. The molecule has 10 nitrogen and oxygen atoms in total. The summed E-state index contributed by atoms with van der Waals surface area (Å²) in [5.41, 5.74) is 0. The van der Waals surface area contributed by atoms with Crippen molar-refractivity contribution >= 4 is 65.0 Å². The molecule has 0 bridgehead atoms. The fraction of sp³-hybridized carbons (Fsp3) is 0.900. The zero-order valence-corrected chi connectivity index (χ0v) is 37.4. The molecule has 54 heavy (non-hydrogen) atoms. The largest absolute Gasteiger partial charge is 0.464 e. The summed E-state index contributed by atoms with van der Waals surface area (Å²) in [4.78, 5) is 38.1. The third-order valence-electron chi connectivity index (χ3n) is 8.75. The van der Waals surface area contributed by atoms with E-state index in [9.17, 15) is 14.4 Å². The number of H-pyrrole nitrogens is 1. The first-order valence-corrected chi connectivity index (χ1v) is 25.3. The normalized spacial score (nSPS) is 11.5. The van der Waals surface area contributed by atoms with Gasteiger partial charge in [0.1, 0.15) is 19.3 Å². The summed E-state index contributed by atoms with van der Waals surface area (Å²) in [7, 11) is 0. The number of aromatic amines is 1.